The third-order valence-corrected chi connectivity index (χ3v) is 5.54. The Kier molecular flexibility index (Phi) is 5.20. The molecule has 3 aromatic heterocycles. The van der Waals surface area contributed by atoms with E-state index in [4.69, 9.17) is 20.0 Å². The average molecular weight is 433 g/mol. The smallest absolute Gasteiger partial charge is 0.277 e. The van der Waals surface area contributed by atoms with Crippen LogP contribution in [0, 0.1) is 0 Å². The van der Waals surface area contributed by atoms with Crippen LogP contribution in [0.25, 0.3) is 22.4 Å². The predicted octanol–water partition coefficient (Wildman–Crippen LogP) is 2.85. The van der Waals surface area contributed by atoms with Crippen LogP contribution in [-0.4, -0.2) is 45.9 Å². The summed E-state index contributed by atoms with van der Waals surface area (Å²) in [6.07, 6.45) is 6.95. The first kappa shape index (κ1) is 20.0. The molecule has 1 aromatic carbocycles. The Labute approximate surface area is 183 Å². The molecule has 0 unspecified atom stereocenters. The van der Waals surface area contributed by atoms with Gasteiger partial charge in [0.05, 0.1) is 24.4 Å². The number of pyridine rings is 1. The Hall–Kier alpha value is -3.92. The highest BCUT2D eigenvalue weighted by Crippen LogP contribution is 2.32. The van der Waals surface area contributed by atoms with Crippen molar-refractivity contribution in [3.63, 3.8) is 0 Å². The number of ether oxygens (including phenoxy) is 1. The molecule has 4 heterocycles. The van der Waals surface area contributed by atoms with Crippen molar-refractivity contribution in [2.45, 2.75) is 18.9 Å². The van der Waals surface area contributed by atoms with Gasteiger partial charge in [-0.3, -0.25) is 9.48 Å². The Bertz CT molecular complexity index is 1270. The minimum Gasteiger partial charge on any atom is -0.494 e. The number of nitrogens with one attached hydrogen (secondary N) is 2. The lowest BCUT2D eigenvalue weighted by Crippen LogP contribution is -2.29. The molecule has 0 spiro atoms. The van der Waals surface area contributed by atoms with Crippen LogP contribution >= 0.6 is 0 Å². The fourth-order valence-electron chi connectivity index (χ4n) is 3.87. The Morgan fingerprint density at radius 2 is 2.16 bits per heavy atom. The number of rotatable bonds is 5. The fourth-order valence-corrected chi connectivity index (χ4v) is 3.87. The van der Waals surface area contributed by atoms with Crippen LogP contribution in [0.2, 0.25) is 0 Å². The van der Waals surface area contributed by atoms with Gasteiger partial charge < -0.3 is 25.5 Å². The number of piperidine rings is 1. The Balaban J connectivity index is 1.39. The maximum atomic E-state index is 12.8. The number of nitrogen functional groups attached to an aromatic ring is 1. The zero-order valence-corrected chi connectivity index (χ0v) is 17.5. The number of aromatic nitrogens is 4. The van der Waals surface area contributed by atoms with Gasteiger partial charge in [-0.15, -0.1) is 0 Å². The largest absolute Gasteiger partial charge is 0.494 e. The van der Waals surface area contributed by atoms with Gasteiger partial charge in [-0.25, -0.2) is 9.97 Å². The van der Waals surface area contributed by atoms with Gasteiger partial charge >= 0.3 is 0 Å². The van der Waals surface area contributed by atoms with E-state index in [9.17, 15) is 4.79 Å². The molecule has 1 amide bonds. The van der Waals surface area contributed by atoms with E-state index in [1.165, 1.54) is 6.26 Å². The third-order valence-electron chi connectivity index (χ3n) is 5.54. The highest BCUT2D eigenvalue weighted by Gasteiger charge is 2.19. The Morgan fingerprint density at radius 3 is 2.94 bits per heavy atom. The van der Waals surface area contributed by atoms with E-state index >= 15 is 0 Å². The van der Waals surface area contributed by atoms with Crippen LogP contribution in [0.5, 0.6) is 5.75 Å². The van der Waals surface area contributed by atoms with Crippen molar-refractivity contribution in [2.24, 2.45) is 0 Å². The van der Waals surface area contributed by atoms with Crippen molar-refractivity contribution in [2.75, 3.05) is 31.2 Å². The molecule has 0 bridgehead atoms. The number of oxazole rings is 1. The lowest BCUT2D eigenvalue weighted by Gasteiger charge is -2.22. The Morgan fingerprint density at radius 1 is 1.31 bits per heavy atom. The second-order valence-corrected chi connectivity index (χ2v) is 7.66. The summed E-state index contributed by atoms with van der Waals surface area (Å²) in [6.45, 7) is 1.97. The summed E-state index contributed by atoms with van der Waals surface area (Å²) in [7, 11) is 1.56. The highest BCUT2D eigenvalue weighted by atomic mass is 16.5. The molecular weight excluding hydrogens is 410 g/mol. The van der Waals surface area contributed by atoms with Crippen LogP contribution in [0.3, 0.4) is 0 Å². The second kappa shape index (κ2) is 8.31. The molecule has 0 radical (unpaired) electrons. The number of anilines is 2. The zero-order chi connectivity index (χ0) is 22.1. The van der Waals surface area contributed by atoms with Gasteiger partial charge in [0.1, 0.15) is 17.8 Å². The van der Waals surface area contributed by atoms with Crippen molar-refractivity contribution >= 4 is 28.3 Å². The molecule has 10 nitrogen and oxygen atoms in total. The van der Waals surface area contributed by atoms with Crippen LogP contribution in [0.4, 0.5) is 11.5 Å². The molecule has 0 atom stereocenters. The van der Waals surface area contributed by atoms with Crippen LogP contribution in [-0.2, 0) is 0 Å². The van der Waals surface area contributed by atoms with E-state index in [1.54, 1.807) is 25.4 Å². The zero-order valence-electron chi connectivity index (χ0n) is 17.5. The summed E-state index contributed by atoms with van der Waals surface area (Å²) < 4.78 is 13.0. The number of methoxy groups -OCH3 is 1. The molecule has 5 rings (SSSR count). The number of amides is 1. The number of hydrogen-bond acceptors (Lipinski definition) is 8. The number of carbonyl (C=O) groups is 1. The molecule has 4 N–H and O–H groups in total. The molecule has 0 saturated carbocycles. The van der Waals surface area contributed by atoms with Gasteiger partial charge in [0, 0.05) is 29.4 Å². The van der Waals surface area contributed by atoms with Crippen LogP contribution in [0.1, 0.15) is 29.4 Å². The minimum atomic E-state index is -0.412. The summed E-state index contributed by atoms with van der Waals surface area (Å²) in [6, 6.07) is 7.40. The summed E-state index contributed by atoms with van der Waals surface area (Å²) in [4.78, 5) is 21.0. The van der Waals surface area contributed by atoms with Crippen molar-refractivity contribution in [3.8, 4) is 17.2 Å². The predicted molar refractivity (Wildman–Crippen MR) is 120 cm³/mol. The SMILES string of the molecule is COc1cc2nn(C3CCNCC3)cc2cc1NC(=O)c1coc(-c2ccnc(N)c2)n1. The second-order valence-electron chi connectivity index (χ2n) is 7.66. The molecular formula is C22H23N7O3. The van der Waals surface area contributed by atoms with Crippen molar-refractivity contribution < 1.29 is 13.9 Å². The monoisotopic (exact) mass is 433 g/mol. The average Bonchev–Trinajstić information content (AvgIpc) is 3.46. The van der Waals surface area contributed by atoms with Crippen molar-refractivity contribution in [3.05, 3.63) is 48.6 Å². The number of nitrogens with two attached hydrogens (primary N) is 1. The van der Waals surface area contributed by atoms with Gasteiger partial charge in [-0.05, 0) is 44.1 Å². The molecule has 0 aliphatic carbocycles. The van der Waals surface area contributed by atoms with E-state index in [1.807, 2.05) is 23.0 Å². The number of nitrogens with zero attached hydrogens (tertiary/aromatic N) is 4. The summed E-state index contributed by atoms with van der Waals surface area (Å²) in [5.74, 6) is 0.738. The summed E-state index contributed by atoms with van der Waals surface area (Å²) in [5, 5.41) is 11.9. The first-order valence-corrected chi connectivity index (χ1v) is 10.4. The van der Waals surface area contributed by atoms with E-state index in [0.29, 0.717) is 28.9 Å². The first-order valence-electron chi connectivity index (χ1n) is 10.4. The molecule has 164 valence electrons. The quantitative estimate of drug-likeness (QED) is 0.438. The molecule has 10 heteroatoms. The molecule has 1 fully saturated rings. The topological polar surface area (TPSA) is 133 Å². The maximum Gasteiger partial charge on any atom is 0.277 e. The fraction of sp³-hybridized carbons (Fsp3) is 0.273. The normalized spacial score (nSPS) is 14.5. The number of carbonyl (C=O) groups excluding carboxylic acids is 1. The molecule has 1 saturated heterocycles. The maximum absolute atomic E-state index is 12.8. The number of benzene rings is 1. The van der Waals surface area contributed by atoms with Crippen molar-refractivity contribution in [1.82, 2.24) is 25.1 Å². The molecule has 1 aliphatic rings. The van der Waals surface area contributed by atoms with Gasteiger partial charge in [-0.2, -0.15) is 5.10 Å². The highest BCUT2D eigenvalue weighted by molar-refractivity contribution is 6.05. The van der Waals surface area contributed by atoms with Crippen molar-refractivity contribution in [1.29, 1.82) is 0 Å². The number of fused-ring (bicyclic) bond motifs is 1. The first-order chi connectivity index (χ1) is 15.6. The summed E-state index contributed by atoms with van der Waals surface area (Å²) >= 11 is 0. The third kappa shape index (κ3) is 3.87. The van der Waals surface area contributed by atoms with Crippen LogP contribution < -0.4 is 21.1 Å². The lowest BCUT2D eigenvalue weighted by atomic mass is 10.1. The van der Waals surface area contributed by atoms with Gasteiger partial charge in [-0.1, -0.05) is 0 Å². The lowest BCUT2D eigenvalue weighted by molar-refractivity contribution is 0.102. The van der Waals surface area contributed by atoms with E-state index in [0.717, 1.165) is 36.8 Å². The standard InChI is InChI=1S/C22H23N7O3/c1-31-19-10-16-14(11-29(28-16)15-3-5-24-6-4-15)8-17(19)26-21(30)18-12-32-22(27-18)13-2-7-25-20(23)9-13/h2,7-12,15,24H,3-6H2,1H3,(H2,23,25)(H,26,30). The summed E-state index contributed by atoms with van der Waals surface area (Å²) in [5.41, 5.74) is 7.84. The van der Waals surface area contributed by atoms with Gasteiger partial charge in [0.2, 0.25) is 5.89 Å². The molecule has 32 heavy (non-hydrogen) atoms. The van der Waals surface area contributed by atoms with E-state index in [-0.39, 0.29) is 11.6 Å². The van der Waals surface area contributed by atoms with Gasteiger partial charge in [0.15, 0.2) is 5.69 Å². The molecule has 4 aromatic rings. The van der Waals surface area contributed by atoms with E-state index in [2.05, 4.69) is 20.6 Å². The van der Waals surface area contributed by atoms with Crippen LogP contribution in [0.15, 0.2) is 47.3 Å². The molecule has 1 aliphatic heterocycles. The number of hydrogen-bond donors (Lipinski definition) is 3. The van der Waals surface area contributed by atoms with Gasteiger partial charge in [0.25, 0.3) is 5.91 Å². The van der Waals surface area contributed by atoms with E-state index < -0.39 is 5.91 Å². The minimum absolute atomic E-state index is 0.142.